The Labute approximate surface area is 386 Å². The number of anilines is 6. The Bertz CT molecular complexity index is 3520. The lowest BCUT2D eigenvalue weighted by Crippen LogP contribution is -2.15. The second-order valence-corrected chi connectivity index (χ2v) is 17.7. The average Bonchev–Trinajstić information content (AvgIpc) is 3.88. The van der Waals surface area contributed by atoms with Crippen LogP contribution >= 0.6 is 0 Å². The smallest absolute Gasteiger partial charge is 0.159 e. The lowest BCUT2D eigenvalue weighted by molar-refractivity contribution is 0.660. The first-order valence-electron chi connectivity index (χ1n) is 22.7. The topological polar surface area (TPSA) is 19.6 Å². The van der Waals surface area contributed by atoms with Crippen LogP contribution in [0.3, 0.4) is 0 Å². The number of hydrogen-bond donors (Lipinski definition) is 0. The molecule has 314 valence electrons. The molecule has 66 heavy (non-hydrogen) atoms. The summed E-state index contributed by atoms with van der Waals surface area (Å²) in [5.74, 6) is 0. The highest BCUT2D eigenvalue weighted by Crippen LogP contribution is 2.51. The maximum absolute atomic E-state index is 6.61. The third-order valence-corrected chi connectivity index (χ3v) is 13.5. The molecule has 11 aromatic rings. The lowest BCUT2D eigenvalue weighted by Gasteiger charge is -2.27. The maximum atomic E-state index is 6.61. The van der Waals surface area contributed by atoms with E-state index < -0.39 is 0 Å². The Hall–Kier alpha value is -8.40. The molecule has 0 amide bonds. The van der Waals surface area contributed by atoms with Crippen LogP contribution in [0.15, 0.2) is 247 Å². The van der Waals surface area contributed by atoms with Crippen LogP contribution in [0.1, 0.15) is 25.0 Å². The third kappa shape index (κ3) is 6.76. The molecule has 0 saturated carbocycles. The zero-order chi connectivity index (χ0) is 44.2. The number of fused-ring (bicyclic) bond motifs is 6. The van der Waals surface area contributed by atoms with Crippen molar-refractivity contribution >= 4 is 56.1 Å². The van der Waals surface area contributed by atoms with Gasteiger partial charge in [0.05, 0.1) is 5.69 Å². The molecule has 0 spiro atoms. The molecule has 3 nitrogen and oxygen atoms in total. The van der Waals surface area contributed by atoms with Gasteiger partial charge in [-0.25, -0.2) is 0 Å². The SMILES string of the molecule is CC1(C)c2ccccc2-c2cc(N(c3ccc(-c4ccccc4)cc3)c3ccc(-c4ccc(N(c5ccc(-c6ccccc6)cc5)c5cccc6c5oc5ccccc56)cc4)cc3)ccc21. The highest BCUT2D eigenvalue weighted by Gasteiger charge is 2.35. The van der Waals surface area contributed by atoms with E-state index in [1.807, 2.05) is 12.1 Å². The van der Waals surface area contributed by atoms with Crippen molar-refractivity contribution in [2.45, 2.75) is 19.3 Å². The minimum atomic E-state index is -0.0609. The van der Waals surface area contributed by atoms with Gasteiger partial charge in [0.1, 0.15) is 5.58 Å². The van der Waals surface area contributed by atoms with Crippen molar-refractivity contribution in [1.29, 1.82) is 0 Å². The first-order chi connectivity index (χ1) is 32.5. The molecule has 1 heterocycles. The fourth-order valence-electron chi connectivity index (χ4n) is 10.1. The van der Waals surface area contributed by atoms with Gasteiger partial charge in [0, 0.05) is 44.6 Å². The number of furan rings is 1. The monoisotopic (exact) mass is 846 g/mol. The molecule has 0 fully saturated rings. The molecule has 0 atom stereocenters. The fraction of sp³-hybridized carbons (Fsp3) is 0.0476. The summed E-state index contributed by atoms with van der Waals surface area (Å²) in [7, 11) is 0. The largest absolute Gasteiger partial charge is 0.454 e. The van der Waals surface area contributed by atoms with Gasteiger partial charge in [0.15, 0.2) is 5.58 Å². The quantitative estimate of drug-likeness (QED) is 0.144. The van der Waals surface area contributed by atoms with Gasteiger partial charge < -0.3 is 14.2 Å². The molecule has 12 rings (SSSR count). The van der Waals surface area contributed by atoms with Crippen LogP contribution in [0, 0.1) is 0 Å². The molecule has 3 heteroatoms. The van der Waals surface area contributed by atoms with E-state index in [1.54, 1.807) is 0 Å². The summed E-state index contributed by atoms with van der Waals surface area (Å²) in [6.07, 6.45) is 0. The van der Waals surface area contributed by atoms with Gasteiger partial charge in [0.2, 0.25) is 0 Å². The van der Waals surface area contributed by atoms with Gasteiger partial charge in [-0.15, -0.1) is 0 Å². The van der Waals surface area contributed by atoms with E-state index in [2.05, 4.69) is 254 Å². The number of rotatable bonds is 9. The Morgan fingerprint density at radius 1 is 0.318 bits per heavy atom. The summed E-state index contributed by atoms with van der Waals surface area (Å²) in [5.41, 5.74) is 20.5. The first kappa shape index (κ1) is 39.2. The molecule has 0 saturated heterocycles. The summed E-state index contributed by atoms with van der Waals surface area (Å²) in [4.78, 5) is 4.69. The van der Waals surface area contributed by atoms with Crippen molar-refractivity contribution in [3.8, 4) is 44.5 Å². The Morgan fingerprint density at radius 3 is 1.30 bits per heavy atom. The van der Waals surface area contributed by atoms with E-state index in [9.17, 15) is 0 Å². The highest BCUT2D eigenvalue weighted by molar-refractivity contribution is 6.10. The second kappa shape index (κ2) is 16.0. The minimum Gasteiger partial charge on any atom is -0.454 e. The first-order valence-corrected chi connectivity index (χ1v) is 22.7. The van der Waals surface area contributed by atoms with Crippen LogP contribution < -0.4 is 9.80 Å². The molecule has 1 aliphatic rings. The average molecular weight is 847 g/mol. The lowest BCUT2D eigenvalue weighted by atomic mass is 9.82. The van der Waals surface area contributed by atoms with Crippen LogP contribution in [0.4, 0.5) is 34.1 Å². The molecule has 0 radical (unpaired) electrons. The predicted molar refractivity (Wildman–Crippen MR) is 277 cm³/mol. The fourth-order valence-corrected chi connectivity index (χ4v) is 10.1. The second-order valence-electron chi connectivity index (χ2n) is 17.7. The molecule has 0 bridgehead atoms. The minimum absolute atomic E-state index is 0.0609. The van der Waals surface area contributed by atoms with Gasteiger partial charge in [-0.05, 0) is 128 Å². The van der Waals surface area contributed by atoms with Crippen LogP contribution in [0.2, 0.25) is 0 Å². The van der Waals surface area contributed by atoms with Crippen LogP contribution in [0.25, 0.3) is 66.4 Å². The highest BCUT2D eigenvalue weighted by atomic mass is 16.3. The standard InChI is InChI=1S/C63H46N2O/c1-63(2)58-21-11-9-18-54(58)57-42-53(40-41-59(57)63)64(49-32-24-45(25-33-49)43-14-5-3-6-15-43)50-34-26-47(27-35-50)48-30-38-52(39-31-48)65(51-36-28-46(29-37-51)44-16-7-4-8-17-44)60-22-13-20-56-55-19-10-12-23-61(55)66-62(56)60/h3-42H,1-2H3. The van der Waals surface area contributed by atoms with E-state index in [1.165, 1.54) is 44.5 Å². The van der Waals surface area contributed by atoms with Gasteiger partial charge >= 0.3 is 0 Å². The van der Waals surface area contributed by atoms with Crippen molar-refractivity contribution in [3.63, 3.8) is 0 Å². The molecule has 0 unspecified atom stereocenters. The summed E-state index contributed by atoms with van der Waals surface area (Å²) < 4.78 is 6.61. The van der Waals surface area contributed by atoms with Gasteiger partial charge in [-0.2, -0.15) is 0 Å². The molecular formula is C63H46N2O. The van der Waals surface area contributed by atoms with E-state index in [0.29, 0.717) is 0 Å². The van der Waals surface area contributed by atoms with Gasteiger partial charge in [-0.1, -0.05) is 184 Å². The van der Waals surface area contributed by atoms with Gasteiger partial charge in [-0.3, -0.25) is 0 Å². The zero-order valence-electron chi connectivity index (χ0n) is 36.9. The maximum Gasteiger partial charge on any atom is 0.159 e. The molecular weight excluding hydrogens is 801 g/mol. The van der Waals surface area contributed by atoms with Crippen LogP contribution in [-0.2, 0) is 5.41 Å². The Kier molecular flexibility index (Phi) is 9.50. The van der Waals surface area contributed by atoms with Crippen LogP contribution in [-0.4, -0.2) is 0 Å². The summed E-state index contributed by atoms with van der Waals surface area (Å²) >= 11 is 0. The van der Waals surface area contributed by atoms with E-state index in [-0.39, 0.29) is 5.41 Å². The molecule has 1 aliphatic carbocycles. The van der Waals surface area contributed by atoms with E-state index >= 15 is 0 Å². The number of para-hydroxylation sites is 2. The summed E-state index contributed by atoms with van der Waals surface area (Å²) in [6, 6.07) is 87.4. The normalized spacial score (nSPS) is 12.5. The third-order valence-electron chi connectivity index (χ3n) is 13.5. The van der Waals surface area contributed by atoms with E-state index in [0.717, 1.165) is 67.2 Å². The zero-order valence-corrected chi connectivity index (χ0v) is 36.9. The number of nitrogens with zero attached hydrogens (tertiary/aromatic N) is 2. The summed E-state index contributed by atoms with van der Waals surface area (Å²) in [5, 5.41) is 2.21. The molecule has 1 aromatic heterocycles. The number of hydrogen-bond acceptors (Lipinski definition) is 3. The van der Waals surface area contributed by atoms with Crippen molar-refractivity contribution in [1.82, 2.24) is 0 Å². The van der Waals surface area contributed by atoms with Crippen LogP contribution in [0.5, 0.6) is 0 Å². The molecule has 0 N–H and O–H groups in total. The molecule has 0 aliphatic heterocycles. The van der Waals surface area contributed by atoms with Gasteiger partial charge in [0.25, 0.3) is 0 Å². The Balaban J connectivity index is 0.912. The van der Waals surface area contributed by atoms with Crippen molar-refractivity contribution in [2.75, 3.05) is 9.80 Å². The van der Waals surface area contributed by atoms with Crippen molar-refractivity contribution in [2.24, 2.45) is 0 Å². The number of benzene rings is 10. The molecule has 10 aromatic carbocycles. The Morgan fingerprint density at radius 2 is 0.742 bits per heavy atom. The van der Waals surface area contributed by atoms with Crippen molar-refractivity contribution in [3.05, 3.63) is 254 Å². The van der Waals surface area contributed by atoms with Crippen molar-refractivity contribution < 1.29 is 4.42 Å². The predicted octanol–water partition coefficient (Wildman–Crippen LogP) is 17.8. The summed E-state index contributed by atoms with van der Waals surface area (Å²) in [6.45, 7) is 4.68. The van der Waals surface area contributed by atoms with E-state index in [4.69, 9.17) is 4.42 Å².